The lowest BCUT2D eigenvalue weighted by Gasteiger charge is -2.11. The minimum absolute atomic E-state index is 0.309. The van der Waals surface area contributed by atoms with Crippen LogP contribution in [0.1, 0.15) is 17.4 Å². The number of para-hydroxylation sites is 1. The maximum Gasteiger partial charge on any atom is 0.174 e. The van der Waals surface area contributed by atoms with Gasteiger partial charge in [-0.05, 0) is 34.1 Å². The van der Waals surface area contributed by atoms with Gasteiger partial charge < -0.3 is 8.83 Å². The summed E-state index contributed by atoms with van der Waals surface area (Å²) in [6.07, 6.45) is 1.58. The van der Waals surface area contributed by atoms with E-state index in [1.54, 1.807) is 12.3 Å². The summed E-state index contributed by atoms with van der Waals surface area (Å²) in [4.78, 5) is 0. The van der Waals surface area contributed by atoms with Crippen molar-refractivity contribution in [3.05, 3.63) is 57.6 Å². The smallest absolute Gasteiger partial charge is 0.174 e. The Hall–Kier alpha value is -1.27. The first-order valence-corrected chi connectivity index (χ1v) is 6.75. The topological polar surface area (TPSA) is 64.3 Å². The van der Waals surface area contributed by atoms with E-state index in [0.29, 0.717) is 21.0 Å². The molecule has 19 heavy (non-hydrogen) atoms. The Morgan fingerprint density at radius 2 is 2.16 bits per heavy atom. The number of benzene rings is 1. The van der Waals surface area contributed by atoms with Crippen molar-refractivity contribution in [1.29, 1.82) is 0 Å². The zero-order valence-corrected chi connectivity index (χ0v) is 12.0. The highest BCUT2D eigenvalue weighted by Gasteiger charge is 2.21. The number of hydrazine groups is 1. The van der Waals surface area contributed by atoms with Crippen molar-refractivity contribution in [2.24, 2.45) is 5.84 Å². The third kappa shape index (κ3) is 2.19. The van der Waals surface area contributed by atoms with E-state index < -0.39 is 0 Å². The molecule has 1 unspecified atom stereocenters. The summed E-state index contributed by atoms with van der Waals surface area (Å²) in [5, 5.41) is 1.51. The normalized spacial score (nSPS) is 13.0. The van der Waals surface area contributed by atoms with Crippen molar-refractivity contribution in [3.8, 4) is 0 Å². The first kappa shape index (κ1) is 12.7. The van der Waals surface area contributed by atoms with Crippen LogP contribution in [0.5, 0.6) is 0 Å². The molecule has 3 rings (SSSR count). The van der Waals surface area contributed by atoms with Crippen LogP contribution in [0.4, 0.5) is 0 Å². The molecule has 3 N–H and O–H groups in total. The Morgan fingerprint density at radius 1 is 1.32 bits per heavy atom. The Balaban J connectivity index is 2.12. The first-order chi connectivity index (χ1) is 9.20. The molecule has 0 aliphatic rings. The van der Waals surface area contributed by atoms with Crippen LogP contribution in [-0.2, 0) is 0 Å². The third-order valence-electron chi connectivity index (χ3n) is 2.92. The summed E-state index contributed by atoms with van der Waals surface area (Å²) in [6, 6.07) is 9.02. The van der Waals surface area contributed by atoms with Crippen LogP contribution in [0.2, 0.25) is 5.02 Å². The van der Waals surface area contributed by atoms with Crippen molar-refractivity contribution in [1.82, 2.24) is 5.43 Å². The summed E-state index contributed by atoms with van der Waals surface area (Å²) in [6.45, 7) is 0. The molecule has 2 heterocycles. The van der Waals surface area contributed by atoms with Gasteiger partial charge in [-0.3, -0.25) is 5.84 Å². The quantitative estimate of drug-likeness (QED) is 0.558. The highest BCUT2D eigenvalue weighted by Crippen LogP contribution is 2.34. The molecule has 98 valence electrons. The Bertz CT molecular complexity index is 722. The molecule has 4 nitrogen and oxygen atoms in total. The zero-order valence-electron chi connectivity index (χ0n) is 9.69. The molecule has 1 aromatic carbocycles. The van der Waals surface area contributed by atoms with Crippen molar-refractivity contribution >= 4 is 38.5 Å². The van der Waals surface area contributed by atoms with Crippen LogP contribution in [0, 0.1) is 0 Å². The maximum absolute atomic E-state index is 6.10. The highest BCUT2D eigenvalue weighted by molar-refractivity contribution is 9.10. The summed E-state index contributed by atoms with van der Waals surface area (Å²) < 4.78 is 11.6. The van der Waals surface area contributed by atoms with Crippen LogP contribution in [0.3, 0.4) is 0 Å². The van der Waals surface area contributed by atoms with E-state index in [9.17, 15) is 0 Å². The molecule has 3 aromatic rings. The summed E-state index contributed by atoms with van der Waals surface area (Å²) in [7, 11) is 0. The van der Waals surface area contributed by atoms with E-state index >= 15 is 0 Å². The molecule has 0 saturated carbocycles. The number of furan rings is 2. The van der Waals surface area contributed by atoms with Crippen LogP contribution < -0.4 is 11.3 Å². The van der Waals surface area contributed by atoms with Crippen LogP contribution in [-0.4, -0.2) is 0 Å². The zero-order chi connectivity index (χ0) is 13.4. The fourth-order valence-electron chi connectivity index (χ4n) is 2.03. The van der Waals surface area contributed by atoms with Crippen molar-refractivity contribution in [2.45, 2.75) is 6.04 Å². The van der Waals surface area contributed by atoms with Crippen LogP contribution in [0.15, 0.2) is 50.1 Å². The number of nitrogens with two attached hydrogens (primary N) is 1. The summed E-state index contributed by atoms with van der Waals surface area (Å²) >= 11 is 9.43. The van der Waals surface area contributed by atoms with Crippen LogP contribution >= 0.6 is 27.5 Å². The van der Waals surface area contributed by atoms with Crippen LogP contribution in [0.25, 0.3) is 11.0 Å². The van der Waals surface area contributed by atoms with Gasteiger partial charge in [0.2, 0.25) is 0 Å². The minimum atomic E-state index is -0.309. The molecule has 0 saturated heterocycles. The monoisotopic (exact) mass is 340 g/mol. The molecule has 2 aromatic heterocycles. The Kier molecular flexibility index (Phi) is 3.36. The lowest BCUT2D eigenvalue weighted by molar-refractivity contribution is 0.467. The molecule has 0 amide bonds. The Morgan fingerprint density at radius 3 is 2.79 bits per heavy atom. The molecule has 1 atom stereocenters. The molecule has 6 heteroatoms. The van der Waals surface area contributed by atoms with Gasteiger partial charge in [0.25, 0.3) is 0 Å². The molecule has 0 fully saturated rings. The van der Waals surface area contributed by atoms with Crippen molar-refractivity contribution in [3.63, 3.8) is 0 Å². The predicted molar refractivity (Wildman–Crippen MR) is 76.8 cm³/mol. The van der Waals surface area contributed by atoms with Gasteiger partial charge in [0.05, 0.1) is 11.3 Å². The van der Waals surface area contributed by atoms with Crippen molar-refractivity contribution < 1.29 is 8.83 Å². The molecule has 0 spiro atoms. The summed E-state index contributed by atoms with van der Waals surface area (Å²) in [5.74, 6) is 6.29. The fraction of sp³-hybridized carbons (Fsp3) is 0.0769. The minimum Gasteiger partial charge on any atom is -0.457 e. The van der Waals surface area contributed by atoms with Gasteiger partial charge in [-0.2, -0.15) is 0 Å². The molecule has 0 radical (unpaired) electrons. The number of rotatable bonds is 3. The lowest BCUT2D eigenvalue weighted by atomic mass is 10.1. The van der Waals surface area contributed by atoms with E-state index in [2.05, 4.69) is 21.4 Å². The number of fused-ring (bicyclic) bond motifs is 1. The number of hydrogen-bond donors (Lipinski definition) is 2. The van der Waals surface area contributed by atoms with Gasteiger partial charge in [-0.1, -0.05) is 23.7 Å². The SMILES string of the molecule is NNC(c1cc2cccc(Cl)c2o1)c1ccoc1Br. The maximum atomic E-state index is 6.10. The fourth-order valence-corrected chi connectivity index (χ4v) is 2.71. The molecule has 0 aliphatic carbocycles. The average Bonchev–Trinajstić information content (AvgIpc) is 2.99. The van der Waals surface area contributed by atoms with Gasteiger partial charge >= 0.3 is 0 Å². The molecule has 0 bridgehead atoms. The second-order valence-corrected chi connectivity index (χ2v) is 5.18. The standard InChI is InChI=1S/C13H10BrClN2O2/c14-13-8(4-5-18-13)11(17-16)10-6-7-2-1-3-9(15)12(7)19-10/h1-6,11,17H,16H2. The van der Waals surface area contributed by atoms with Crippen molar-refractivity contribution in [2.75, 3.05) is 0 Å². The Labute approximate surface area is 122 Å². The van der Waals surface area contributed by atoms with Gasteiger partial charge in [-0.15, -0.1) is 0 Å². The van der Waals surface area contributed by atoms with E-state index in [-0.39, 0.29) is 6.04 Å². The third-order valence-corrected chi connectivity index (χ3v) is 3.87. The number of hydrogen-bond acceptors (Lipinski definition) is 4. The van der Waals surface area contributed by atoms with E-state index in [0.717, 1.165) is 10.9 Å². The number of halogens is 2. The van der Waals surface area contributed by atoms with Gasteiger partial charge in [0.15, 0.2) is 10.3 Å². The van der Waals surface area contributed by atoms with Gasteiger partial charge in [-0.25, -0.2) is 5.43 Å². The largest absolute Gasteiger partial charge is 0.457 e. The summed E-state index contributed by atoms with van der Waals surface area (Å²) in [5.41, 5.74) is 4.23. The molecular formula is C13H10BrClN2O2. The van der Waals surface area contributed by atoms with E-state index in [1.807, 2.05) is 24.3 Å². The molecule has 0 aliphatic heterocycles. The molecular weight excluding hydrogens is 332 g/mol. The lowest BCUT2D eigenvalue weighted by Crippen LogP contribution is -2.28. The number of nitrogens with one attached hydrogen (secondary N) is 1. The van der Waals surface area contributed by atoms with Gasteiger partial charge in [0.1, 0.15) is 11.8 Å². The van der Waals surface area contributed by atoms with Gasteiger partial charge in [0, 0.05) is 10.9 Å². The average molecular weight is 342 g/mol. The first-order valence-electron chi connectivity index (χ1n) is 5.57. The van der Waals surface area contributed by atoms with E-state index in [4.69, 9.17) is 26.3 Å². The highest BCUT2D eigenvalue weighted by atomic mass is 79.9. The second kappa shape index (κ2) is 5.02. The van der Waals surface area contributed by atoms with E-state index in [1.165, 1.54) is 0 Å². The predicted octanol–water partition coefficient (Wildman–Crippen LogP) is 3.99. The second-order valence-electron chi connectivity index (χ2n) is 4.06.